The van der Waals surface area contributed by atoms with Gasteiger partial charge in [0, 0.05) is 43.8 Å². The predicted octanol–water partition coefficient (Wildman–Crippen LogP) is 3.74. The predicted molar refractivity (Wildman–Crippen MR) is 163 cm³/mol. The molecule has 216 valence electrons. The molecule has 3 aromatic carbocycles. The fraction of sp³-hybridized carbons (Fsp3) is 0.200. The van der Waals surface area contributed by atoms with Gasteiger partial charge in [-0.05, 0) is 66.2 Å². The highest BCUT2D eigenvalue weighted by molar-refractivity contribution is 6.30. The molecule has 42 heavy (non-hydrogen) atoms. The van der Waals surface area contributed by atoms with E-state index >= 15 is 0 Å². The van der Waals surface area contributed by atoms with Gasteiger partial charge in [-0.1, -0.05) is 23.7 Å². The number of anilines is 2. The van der Waals surface area contributed by atoms with E-state index in [-0.39, 0.29) is 19.1 Å². The van der Waals surface area contributed by atoms with Crippen molar-refractivity contribution in [3.05, 3.63) is 95.9 Å². The van der Waals surface area contributed by atoms with Gasteiger partial charge in [-0.15, -0.1) is 0 Å². The molecule has 12 heteroatoms. The number of esters is 1. The number of fused-ring (bicyclic) bond motifs is 1. The van der Waals surface area contributed by atoms with E-state index in [0.29, 0.717) is 16.5 Å². The molecule has 0 bridgehead atoms. The average Bonchev–Trinajstić information content (AvgIpc) is 3.43. The monoisotopic (exact) mass is 587 g/mol. The topological polar surface area (TPSA) is 113 Å². The fourth-order valence-electron chi connectivity index (χ4n) is 4.41. The first-order valence-corrected chi connectivity index (χ1v) is 13.4. The van der Waals surface area contributed by atoms with Gasteiger partial charge >= 0.3 is 5.97 Å². The Kier molecular flexibility index (Phi) is 8.41. The van der Waals surface area contributed by atoms with E-state index in [0.717, 1.165) is 22.3 Å². The molecule has 0 aliphatic carbocycles. The summed E-state index contributed by atoms with van der Waals surface area (Å²) in [6.45, 7) is 0.0169. The van der Waals surface area contributed by atoms with Gasteiger partial charge in [-0.2, -0.15) is 0 Å². The van der Waals surface area contributed by atoms with E-state index in [1.807, 2.05) is 49.3 Å². The van der Waals surface area contributed by atoms with Crippen molar-refractivity contribution >= 4 is 52.1 Å². The van der Waals surface area contributed by atoms with E-state index < -0.39 is 11.8 Å². The maximum absolute atomic E-state index is 13.7. The Bertz CT molecular complexity index is 1650. The summed E-state index contributed by atoms with van der Waals surface area (Å²) >= 11 is 6.13. The van der Waals surface area contributed by atoms with Gasteiger partial charge in [0.05, 0.1) is 23.8 Å². The lowest BCUT2D eigenvalue weighted by molar-refractivity contribution is -0.149. The molecular weight excluding hydrogens is 558 g/mol. The number of aromatic nitrogens is 2. The third-order valence-corrected chi connectivity index (χ3v) is 6.84. The molecule has 1 unspecified atom stereocenters. The van der Waals surface area contributed by atoms with Gasteiger partial charge < -0.3 is 19.7 Å². The van der Waals surface area contributed by atoms with E-state index in [9.17, 15) is 9.59 Å². The van der Waals surface area contributed by atoms with Crippen molar-refractivity contribution in [2.45, 2.75) is 12.3 Å². The number of methoxy groups -OCH3 is 1. The minimum absolute atomic E-state index is 0.252. The number of hydrogen-bond donors (Lipinski definition) is 2. The van der Waals surface area contributed by atoms with Crippen LogP contribution in [0.1, 0.15) is 5.56 Å². The van der Waals surface area contributed by atoms with E-state index in [2.05, 4.69) is 20.6 Å². The van der Waals surface area contributed by atoms with Crippen LogP contribution in [0.5, 0.6) is 5.75 Å². The average molecular weight is 588 g/mol. The summed E-state index contributed by atoms with van der Waals surface area (Å²) in [6, 6.07) is 20.0. The summed E-state index contributed by atoms with van der Waals surface area (Å²) in [6.07, 6.45) is 6.41. The largest absolute Gasteiger partial charge is 0.484 e. The zero-order valence-corrected chi connectivity index (χ0v) is 24.1. The Morgan fingerprint density at radius 3 is 2.57 bits per heavy atom. The fourth-order valence-corrected chi connectivity index (χ4v) is 4.54. The van der Waals surface area contributed by atoms with Crippen LogP contribution in [0.2, 0.25) is 5.02 Å². The van der Waals surface area contributed by atoms with Crippen molar-refractivity contribution in [1.82, 2.24) is 20.3 Å². The number of allylic oxidation sites excluding steroid dienone is 1. The molecule has 2 N–H and O–H groups in total. The summed E-state index contributed by atoms with van der Waals surface area (Å²) in [5.74, 6) is -1.85. The lowest BCUT2D eigenvalue weighted by Crippen LogP contribution is -2.60. The van der Waals surface area contributed by atoms with Crippen LogP contribution in [-0.4, -0.2) is 61.3 Å². The van der Waals surface area contributed by atoms with E-state index in [1.54, 1.807) is 59.7 Å². The molecule has 4 aromatic rings. The van der Waals surface area contributed by atoms with Crippen LogP contribution >= 0.6 is 11.6 Å². The van der Waals surface area contributed by atoms with Crippen molar-refractivity contribution in [3.8, 4) is 5.75 Å². The Morgan fingerprint density at radius 2 is 1.86 bits per heavy atom. The van der Waals surface area contributed by atoms with Gasteiger partial charge in [-0.25, -0.2) is 24.5 Å². The Labute approximate surface area is 248 Å². The molecule has 5 rings (SSSR count). The third kappa shape index (κ3) is 6.07. The van der Waals surface area contributed by atoms with Crippen molar-refractivity contribution in [2.75, 3.05) is 37.7 Å². The maximum Gasteiger partial charge on any atom is 0.370 e. The number of carbonyl (C=O) groups is 2. The lowest BCUT2D eigenvalue weighted by Gasteiger charge is -2.29. The number of rotatable bonds is 10. The molecule has 11 nitrogen and oxygen atoms in total. The van der Waals surface area contributed by atoms with Crippen LogP contribution in [0.3, 0.4) is 0 Å². The number of nitrogens with zero attached hydrogens (tertiary/aromatic N) is 5. The highest BCUT2D eigenvalue weighted by Gasteiger charge is 2.38. The summed E-state index contributed by atoms with van der Waals surface area (Å²) in [4.78, 5) is 36.9. The quantitative estimate of drug-likeness (QED) is 0.270. The Hall–Kier alpha value is -4.87. The number of nitrogens with one attached hydrogen (secondary N) is 2. The third-order valence-electron chi connectivity index (χ3n) is 6.58. The van der Waals surface area contributed by atoms with Crippen molar-refractivity contribution in [2.24, 2.45) is 4.99 Å². The van der Waals surface area contributed by atoms with Gasteiger partial charge in [-0.3, -0.25) is 10.1 Å². The molecule has 1 aliphatic rings. The van der Waals surface area contributed by atoms with Crippen LogP contribution in [0.15, 0.2) is 90.3 Å². The number of imidazole rings is 1. The minimum atomic E-state index is -1.43. The summed E-state index contributed by atoms with van der Waals surface area (Å²) < 4.78 is 12.6. The molecule has 1 aliphatic heterocycles. The Morgan fingerprint density at radius 1 is 1.07 bits per heavy atom. The minimum Gasteiger partial charge on any atom is -0.484 e. The van der Waals surface area contributed by atoms with Crippen LogP contribution in [-0.2, 0) is 20.9 Å². The first-order chi connectivity index (χ1) is 20.3. The smallest absolute Gasteiger partial charge is 0.370 e. The van der Waals surface area contributed by atoms with Crippen LogP contribution in [0.4, 0.5) is 11.4 Å². The number of carbonyl (C=O) groups excluding carboxylic acids is 2. The number of amides is 1. The van der Waals surface area contributed by atoms with Crippen LogP contribution in [0.25, 0.3) is 11.0 Å². The number of ether oxygens (including phenoxy) is 2. The van der Waals surface area contributed by atoms with Gasteiger partial charge in [0.2, 0.25) is 0 Å². The van der Waals surface area contributed by atoms with Crippen molar-refractivity contribution in [1.29, 1.82) is 0 Å². The number of hydrogen-bond acceptors (Lipinski definition) is 9. The molecule has 2 heterocycles. The first-order valence-electron chi connectivity index (χ1n) is 13.1. The van der Waals surface area contributed by atoms with Gasteiger partial charge in [0.15, 0.2) is 6.61 Å². The van der Waals surface area contributed by atoms with Gasteiger partial charge in [0.1, 0.15) is 12.1 Å². The molecule has 0 radical (unpaired) electrons. The second-order valence-corrected chi connectivity index (χ2v) is 10.0. The van der Waals surface area contributed by atoms with Crippen molar-refractivity contribution in [3.63, 3.8) is 0 Å². The zero-order valence-electron chi connectivity index (χ0n) is 23.3. The maximum atomic E-state index is 13.7. The zero-order chi connectivity index (χ0) is 29.7. The standard InChI is InChI=1S/C30H30ClN7O4/c1-36(2)24-12-13-27-26(17-24)32-20-37(27)38(23-10-8-22(31)9-11-23)28(39)19-42-25-7-4-6-21(16-25)18-35-30(29(40)41-3)33-14-5-15-34-30/h4-17,20,33,35H,18-19H2,1-3H3. The lowest BCUT2D eigenvalue weighted by atomic mass is 10.2. The first kappa shape index (κ1) is 28.7. The molecule has 0 saturated heterocycles. The highest BCUT2D eigenvalue weighted by Crippen LogP contribution is 2.25. The number of benzene rings is 3. The van der Waals surface area contributed by atoms with Crippen LogP contribution in [0, 0.1) is 0 Å². The van der Waals surface area contributed by atoms with Crippen LogP contribution < -0.4 is 25.3 Å². The second-order valence-electron chi connectivity index (χ2n) is 9.61. The normalized spacial score (nSPS) is 15.7. The molecule has 1 atom stereocenters. The SMILES string of the molecule is COC(=O)C1(NCc2cccc(OCC(=O)N(c3ccc(Cl)cc3)n3cnc4cc(N(C)C)ccc43)c2)N=CC=CN1. The molecule has 0 spiro atoms. The summed E-state index contributed by atoms with van der Waals surface area (Å²) in [7, 11) is 5.21. The summed E-state index contributed by atoms with van der Waals surface area (Å²) in [5, 5.41) is 8.07. The van der Waals surface area contributed by atoms with Crippen molar-refractivity contribution < 1.29 is 19.1 Å². The molecule has 1 aromatic heterocycles. The highest BCUT2D eigenvalue weighted by atomic mass is 35.5. The molecule has 0 saturated carbocycles. The Balaban J connectivity index is 1.34. The molecular formula is C30H30ClN7O4. The molecule has 0 fully saturated rings. The van der Waals surface area contributed by atoms with E-state index in [1.165, 1.54) is 18.3 Å². The van der Waals surface area contributed by atoms with E-state index in [4.69, 9.17) is 21.1 Å². The van der Waals surface area contributed by atoms with Gasteiger partial charge in [0.25, 0.3) is 11.7 Å². The second kappa shape index (κ2) is 12.3. The summed E-state index contributed by atoms with van der Waals surface area (Å²) in [5.41, 5.74) is 3.90. The number of aliphatic imine (C=N–C) groups is 1. The number of halogens is 1. The molecule has 1 amide bonds.